The topological polar surface area (TPSA) is 23.6 Å². The Hall–Kier alpha value is -1.26. The van der Waals surface area contributed by atoms with Crippen molar-refractivity contribution in [3.63, 3.8) is 0 Å². The van der Waals surface area contributed by atoms with Crippen LogP contribution in [0.15, 0.2) is 36.4 Å². The van der Waals surface area contributed by atoms with Crippen LogP contribution >= 0.6 is 11.8 Å². The van der Waals surface area contributed by atoms with Crippen LogP contribution in [0.3, 0.4) is 0 Å². The SMILES string of the molecule is O=C(/C=C/c1ccccc1)N1CCCSCC1CN1CCCC1. The Labute approximate surface area is 143 Å². The molecule has 2 fully saturated rings. The van der Waals surface area contributed by atoms with Gasteiger partial charge in [-0.05, 0) is 49.7 Å². The second-order valence-corrected chi connectivity index (χ2v) is 7.52. The Kier molecular flexibility index (Phi) is 6.17. The lowest BCUT2D eigenvalue weighted by molar-refractivity contribution is -0.128. The van der Waals surface area contributed by atoms with E-state index in [-0.39, 0.29) is 5.91 Å². The number of nitrogens with zero attached hydrogens (tertiary/aromatic N) is 2. The molecule has 0 aromatic heterocycles. The highest BCUT2D eigenvalue weighted by molar-refractivity contribution is 7.99. The maximum Gasteiger partial charge on any atom is 0.246 e. The highest BCUT2D eigenvalue weighted by atomic mass is 32.2. The predicted octanol–water partition coefficient (Wildman–Crippen LogP) is 3.13. The molecule has 0 aliphatic carbocycles. The van der Waals surface area contributed by atoms with Crippen molar-refractivity contribution in [3.05, 3.63) is 42.0 Å². The largest absolute Gasteiger partial charge is 0.334 e. The summed E-state index contributed by atoms with van der Waals surface area (Å²) < 4.78 is 0. The fraction of sp³-hybridized carbons (Fsp3) is 0.526. The number of carbonyl (C=O) groups excluding carboxylic acids is 1. The molecule has 124 valence electrons. The van der Waals surface area contributed by atoms with Crippen LogP contribution < -0.4 is 0 Å². The van der Waals surface area contributed by atoms with Crippen LogP contribution in [0.5, 0.6) is 0 Å². The van der Waals surface area contributed by atoms with Gasteiger partial charge in [-0.2, -0.15) is 11.8 Å². The molecule has 1 amide bonds. The van der Waals surface area contributed by atoms with Crippen LogP contribution in [0.25, 0.3) is 6.08 Å². The summed E-state index contributed by atoms with van der Waals surface area (Å²) in [5.41, 5.74) is 1.08. The molecular formula is C19H26N2OS. The first-order valence-electron chi connectivity index (χ1n) is 8.67. The average Bonchev–Trinajstić information content (AvgIpc) is 2.98. The van der Waals surface area contributed by atoms with E-state index in [4.69, 9.17) is 0 Å². The summed E-state index contributed by atoms with van der Waals surface area (Å²) in [6.45, 7) is 4.33. The van der Waals surface area contributed by atoms with Crippen LogP contribution in [0, 0.1) is 0 Å². The summed E-state index contributed by atoms with van der Waals surface area (Å²) >= 11 is 2.00. The van der Waals surface area contributed by atoms with E-state index in [9.17, 15) is 4.79 Å². The summed E-state index contributed by atoms with van der Waals surface area (Å²) in [7, 11) is 0. The summed E-state index contributed by atoms with van der Waals surface area (Å²) in [5, 5.41) is 0. The van der Waals surface area contributed by atoms with E-state index in [1.54, 1.807) is 6.08 Å². The molecule has 0 radical (unpaired) electrons. The summed E-state index contributed by atoms with van der Waals surface area (Å²) in [4.78, 5) is 17.4. The zero-order chi connectivity index (χ0) is 15.9. The van der Waals surface area contributed by atoms with E-state index >= 15 is 0 Å². The standard InChI is InChI=1S/C19H26N2OS/c22-19(10-9-17-7-2-1-3-8-17)21-13-6-14-23-16-18(21)15-20-11-4-5-12-20/h1-3,7-10,18H,4-6,11-16H2/b10-9+. The number of carbonyl (C=O) groups is 1. The quantitative estimate of drug-likeness (QED) is 0.793. The number of benzene rings is 1. The van der Waals surface area contributed by atoms with Crippen molar-refractivity contribution in [2.75, 3.05) is 37.7 Å². The lowest BCUT2D eigenvalue weighted by Crippen LogP contribution is -2.47. The minimum atomic E-state index is 0.167. The Morgan fingerprint density at radius 2 is 1.91 bits per heavy atom. The molecule has 4 heteroatoms. The maximum absolute atomic E-state index is 12.7. The van der Waals surface area contributed by atoms with Gasteiger partial charge in [0.2, 0.25) is 5.91 Å². The second kappa shape index (κ2) is 8.55. The molecule has 2 aliphatic heterocycles. The van der Waals surface area contributed by atoms with Gasteiger partial charge in [0.25, 0.3) is 0 Å². The van der Waals surface area contributed by atoms with Crippen molar-refractivity contribution in [1.29, 1.82) is 0 Å². The monoisotopic (exact) mass is 330 g/mol. The molecule has 1 unspecified atom stereocenters. The van der Waals surface area contributed by atoms with Gasteiger partial charge in [0.05, 0.1) is 6.04 Å². The second-order valence-electron chi connectivity index (χ2n) is 6.37. The van der Waals surface area contributed by atoms with E-state index in [2.05, 4.69) is 9.80 Å². The molecule has 0 spiro atoms. The molecule has 1 aromatic rings. The molecule has 1 atom stereocenters. The Morgan fingerprint density at radius 1 is 1.13 bits per heavy atom. The first-order chi connectivity index (χ1) is 11.3. The number of likely N-dealkylation sites (tertiary alicyclic amines) is 1. The number of hydrogen-bond acceptors (Lipinski definition) is 3. The zero-order valence-electron chi connectivity index (χ0n) is 13.7. The molecule has 3 nitrogen and oxygen atoms in total. The minimum absolute atomic E-state index is 0.167. The molecule has 2 saturated heterocycles. The summed E-state index contributed by atoms with van der Waals surface area (Å²) in [5.74, 6) is 2.41. The third-order valence-corrected chi connectivity index (χ3v) is 5.81. The number of rotatable bonds is 4. The molecule has 1 aromatic carbocycles. The number of amides is 1. The maximum atomic E-state index is 12.7. The molecule has 23 heavy (non-hydrogen) atoms. The molecule has 0 saturated carbocycles. The van der Waals surface area contributed by atoms with E-state index in [0.717, 1.165) is 30.8 Å². The first kappa shape index (κ1) is 16.6. The van der Waals surface area contributed by atoms with Gasteiger partial charge in [0, 0.05) is 24.9 Å². The van der Waals surface area contributed by atoms with Crippen molar-refractivity contribution in [2.45, 2.75) is 25.3 Å². The third-order valence-electron chi connectivity index (χ3n) is 4.61. The zero-order valence-corrected chi connectivity index (χ0v) is 14.5. The minimum Gasteiger partial charge on any atom is -0.334 e. The van der Waals surface area contributed by atoms with Crippen molar-refractivity contribution >= 4 is 23.7 Å². The highest BCUT2D eigenvalue weighted by Crippen LogP contribution is 2.20. The van der Waals surface area contributed by atoms with E-state index in [1.165, 1.54) is 31.7 Å². The molecule has 3 rings (SSSR count). The lowest BCUT2D eigenvalue weighted by Gasteiger charge is -2.32. The molecule has 2 aliphatic rings. The van der Waals surface area contributed by atoms with Crippen molar-refractivity contribution in [1.82, 2.24) is 9.80 Å². The van der Waals surface area contributed by atoms with Crippen molar-refractivity contribution in [3.8, 4) is 0 Å². The number of thioether (sulfide) groups is 1. The molecule has 0 bridgehead atoms. The molecule has 2 heterocycles. The van der Waals surface area contributed by atoms with Crippen LogP contribution in [0.2, 0.25) is 0 Å². The van der Waals surface area contributed by atoms with Gasteiger partial charge in [0.15, 0.2) is 0 Å². The normalized spacial score (nSPS) is 23.3. The summed E-state index contributed by atoms with van der Waals surface area (Å²) in [6, 6.07) is 10.4. The van der Waals surface area contributed by atoms with Crippen LogP contribution in [-0.4, -0.2) is 59.4 Å². The fourth-order valence-corrected chi connectivity index (χ4v) is 4.42. The van der Waals surface area contributed by atoms with Gasteiger partial charge in [-0.25, -0.2) is 0 Å². The number of hydrogen-bond donors (Lipinski definition) is 0. The van der Waals surface area contributed by atoms with Crippen LogP contribution in [0.1, 0.15) is 24.8 Å². The van der Waals surface area contributed by atoms with E-state index in [1.807, 2.05) is 48.2 Å². The van der Waals surface area contributed by atoms with Gasteiger partial charge in [-0.3, -0.25) is 4.79 Å². The smallest absolute Gasteiger partial charge is 0.246 e. The fourth-order valence-electron chi connectivity index (χ4n) is 3.36. The predicted molar refractivity (Wildman–Crippen MR) is 98.6 cm³/mol. The van der Waals surface area contributed by atoms with Gasteiger partial charge >= 0.3 is 0 Å². The van der Waals surface area contributed by atoms with Crippen LogP contribution in [0.4, 0.5) is 0 Å². The van der Waals surface area contributed by atoms with Gasteiger partial charge < -0.3 is 9.80 Å². The Balaban J connectivity index is 1.65. The van der Waals surface area contributed by atoms with Crippen LogP contribution in [-0.2, 0) is 4.79 Å². The van der Waals surface area contributed by atoms with Gasteiger partial charge in [0.1, 0.15) is 0 Å². The van der Waals surface area contributed by atoms with E-state index < -0.39 is 0 Å². The molecule has 0 N–H and O–H groups in total. The van der Waals surface area contributed by atoms with E-state index in [0.29, 0.717) is 6.04 Å². The Morgan fingerprint density at radius 3 is 2.70 bits per heavy atom. The van der Waals surface area contributed by atoms with Crippen molar-refractivity contribution in [2.24, 2.45) is 0 Å². The third kappa shape index (κ3) is 4.85. The summed E-state index contributed by atoms with van der Waals surface area (Å²) in [6.07, 6.45) is 7.41. The van der Waals surface area contributed by atoms with Gasteiger partial charge in [-0.1, -0.05) is 30.3 Å². The van der Waals surface area contributed by atoms with Gasteiger partial charge in [-0.15, -0.1) is 0 Å². The van der Waals surface area contributed by atoms with Crippen molar-refractivity contribution < 1.29 is 4.79 Å². The average molecular weight is 330 g/mol. The lowest BCUT2D eigenvalue weighted by atomic mass is 10.2. The Bertz CT molecular complexity index is 525. The molecular weight excluding hydrogens is 304 g/mol. The first-order valence-corrected chi connectivity index (χ1v) is 9.82. The highest BCUT2D eigenvalue weighted by Gasteiger charge is 2.27.